The lowest BCUT2D eigenvalue weighted by molar-refractivity contribution is 0.263. The topological polar surface area (TPSA) is 75.4 Å². The Hall–Kier alpha value is -0.950. The highest BCUT2D eigenvalue weighted by molar-refractivity contribution is 7.89. The summed E-state index contributed by atoms with van der Waals surface area (Å²) in [6.45, 7) is 5.42. The Kier molecular flexibility index (Phi) is 4.25. The van der Waals surface area contributed by atoms with Crippen molar-refractivity contribution in [3.8, 4) is 0 Å². The number of hydrogen-bond acceptors (Lipinski definition) is 4. The average molecular weight is 283 g/mol. The molecule has 0 radical (unpaired) electrons. The summed E-state index contributed by atoms with van der Waals surface area (Å²) < 4.78 is 26.6. The Morgan fingerprint density at radius 3 is 2.21 bits per heavy atom. The second-order valence-electron chi connectivity index (χ2n) is 5.14. The molecule has 2 rings (SSSR count). The number of nitrogens with one attached hydrogen (secondary N) is 1. The number of rotatable bonds is 3. The van der Waals surface area contributed by atoms with Crippen LogP contribution in [0.1, 0.15) is 19.4 Å². The molecule has 1 saturated heterocycles. The molecule has 0 aliphatic carbocycles. The van der Waals surface area contributed by atoms with Crippen molar-refractivity contribution in [1.29, 1.82) is 0 Å². The van der Waals surface area contributed by atoms with Crippen LogP contribution in [0.3, 0.4) is 0 Å². The predicted octanol–water partition coefficient (Wildman–Crippen LogP) is 0.516. The van der Waals surface area contributed by atoms with Gasteiger partial charge >= 0.3 is 0 Å². The normalized spacial score (nSPS) is 25.4. The number of sulfonamides is 1. The third kappa shape index (κ3) is 3.14. The fourth-order valence-electron chi connectivity index (χ4n) is 2.42. The summed E-state index contributed by atoms with van der Waals surface area (Å²) in [5, 5.41) is 3.33. The van der Waals surface area contributed by atoms with Crippen molar-refractivity contribution in [1.82, 2.24) is 9.62 Å². The van der Waals surface area contributed by atoms with Gasteiger partial charge in [-0.05, 0) is 31.5 Å². The first-order valence-corrected chi connectivity index (χ1v) is 7.92. The van der Waals surface area contributed by atoms with Crippen LogP contribution in [0.2, 0.25) is 0 Å². The van der Waals surface area contributed by atoms with E-state index in [1.807, 2.05) is 13.8 Å². The fourth-order valence-corrected chi connectivity index (χ4v) is 4.04. The largest absolute Gasteiger partial charge is 0.326 e. The summed E-state index contributed by atoms with van der Waals surface area (Å²) in [4.78, 5) is 0.339. The van der Waals surface area contributed by atoms with Gasteiger partial charge in [-0.2, -0.15) is 4.31 Å². The van der Waals surface area contributed by atoms with E-state index in [1.165, 1.54) is 0 Å². The van der Waals surface area contributed by atoms with Crippen molar-refractivity contribution in [3.05, 3.63) is 29.8 Å². The first-order chi connectivity index (χ1) is 8.93. The Morgan fingerprint density at radius 1 is 1.21 bits per heavy atom. The summed E-state index contributed by atoms with van der Waals surface area (Å²) in [6, 6.07) is 7.14. The van der Waals surface area contributed by atoms with Gasteiger partial charge < -0.3 is 11.1 Å². The van der Waals surface area contributed by atoms with Crippen molar-refractivity contribution in [2.24, 2.45) is 5.73 Å². The molecule has 19 heavy (non-hydrogen) atoms. The number of nitrogens with two attached hydrogens (primary N) is 1. The van der Waals surface area contributed by atoms with E-state index in [1.54, 1.807) is 28.6 Å². The summed E-state index contributed by atoms with van der Waals surface area (Å²) in [6.07, 6.45) is 0. The summed E-state index contributed by atoms with van der Waals surface area (Å²) in [5.41, 5.74) is 6.45. The first-order valence-electron chi connectivity index (χ1n) is 6.48. The van der Waals surface area contributed by atoms with Gasteiger partial charge in [-0.3, -0.25) is 0 Å². The van der Waals surface area contributed by atoms with Gasteiger partial charge in [0.05, 0.1) is 4.90 Å². The fraction of sp³-hybridized carbons (Fsp3) is 0.538. The van der Waals surface area contributed by atoms with Crippen LogP contribution in [0.4, 0.5) is 0 Å². The van der Waals surface area contributed by atoms with Crippen molar-refractivity contribution in [2.75, 3.05) is 13.1 Å². The summed E-state index contributed by atoms with van der Waals surface area (Å²) in [7, 11) is -3.40. The average Bonchev–Trinajstić information content (AvgIpc) is 2.37. The molecule has 0 saturated carbocycles. The monoisotopic (exact) mass is 283 g/mol. The highest BCUT2D eigenvalue weighted by atomic mass is 32.2. The molecule has 0 amide bonds. The van der Waals surface area contributed by atoms with Crippen LogP contribution in [-0.4, -0.2) is 37.9 Å². The van der Waals surface area contributed by atoms with Gasteiger partial charge in [-0.1, -0.05) is 12.1 Å². The molecule has 2 atom stereocenters. The molecular formula is C13H21N3O2S. The van der Waals surface area contributed by atoms with E-state index in [9.17, 15) is 8.42 Å². The van der Waals surface area contributed by atoms with Crippen LogP contribution in [0, 0.1) is 0 Å². The third-order valence-electron chi connectivity index (χ3n) is 3.32. The first kappa shape index (κ1) is 14.5. The van der Waals surface area contributed by atoms with Crippen LogP contribution in [0.25, 0.3) is 0 Å². The van der Waals surface area contributed by atoms with Crippen molar-refractivity contribution in [2.45, 2.75) is 37.4 Å². The van der Waals surface area contributed by atoms with Gasteiger partial charge in [0.2, 0.25) is 10.0 Å². The van der Waals surface area contributed by atoms with Crippen LogP contribution in [0.5, 0.6) is 0 Å². The van der Waals surface area contributed by atoms with Gasteiger partial charge in [0, 0.05) is 31.7 Å². The quantitative estimate of drug-likeness (QED) is 0.848. The molecule has 1 aliphatic heterocycles. The van der Waals surface area contributed by atoms with Crippen molar-refractivity contribution in [3.63, 3.8) is 0 Å². The Bertz CT molecular complexity index is 517. The maximum Gasteiger partial charge on any atom is 0.243 e. The van der Waals surface area contributed by atoms with E-state index in [-0.39, 0.29) is 12.1 Å². The molecule has 0 unspecified atom stereocenters. The second kappa shape index (κ2) is 5.58. The highest BCUT2D eigenvalue weighted by Crippen LogP contribution is 2.19. The van der Waals surface area contributed by atoms with E-state index >= 15 is 0 Å². The minimum atomic E-state index is -3.40. The number of piperazine rings is 1. The number of nitrogens with zero attached hydrogens (tertiary/aromatic N) is 1. The van der Waals surface area contributed by atoms with Gasteiger partial charge in [-0.25, -0.2) is 8.42 Å². The van der Waals surface area contributed by atoms with Crippen LogP contribution in [-0.2, 0) is 16.6 Å². The minimum Gasteiger partial charge on any atom is -0.326 e. The molecule has 106 valence electrons. The second-order valence-corrected chi connectivity index (χ2v) is 7.08. The lowest BCUT2D eigenvalue weighted by atomic mass is 10.2. The lowest BCUT2D eigenvalue weighted by Crippen LogP contribution is -2.55. The van der Waals surface area contributed by atoms with E-state index in [4.69, 9.17) is 5.73 Å². The lowest BCUT2D eigenvalue weighted by Gasteiger charge is -2.35. The number of benzene rings is 1. The van der Waals surface area contributed by atoms with E-state index in [2.05, 4.69) is 5.32 Å². The molecule has 6 heteroatoms. The third-order valence-corrected chi connectivity index (χ3v) is 5.17. The summed E-state index contributed by atoms with van der Waals surface area (Å²) >= 11 is 0. The molecule has 1 aromatic rings. The van der Waals surface area contributed by atoms with Crippen LogP contribution >= 0.6 is 0 Å². The Labute approximate surface area is 114 Å². The standard InChI is InChI=1S/C13H21N3O2S/c1-10-8-16(9-11(2)15-10)19(17,18)13-5-3-12(7-14)4-6-13/h3-6,10-11,15H,7-9,14H2,1-2H3/t10-,11+. The Morgan fingerprint density at radius 2 is 1.74 bits per heavy atom. The van der Waals surface area contributed by atoms with E-state index < -0.39 is 10.0 Å². The predicted molar refractivity (Wildman–Crippen MR) is 75.2 cm³/mol. The molecule has 0 spiro atoms. The van der Waals surface area contributed by atoms with Crippen molar-refractivity contribution >= 4 is 10.0 Å². The molecule has 5 nitrogen and oxygen atoms in total. The molecule has 1 heterocycles. The highest BCUT2D eigenvalue weighted by Gasteiger charge is 2.31. The van der Waals surface area contributed by atoms with Gasteiger partial charge in [0.15, 0.2) is 0 Å². The molecule has 1 fully saturated rings. The molecule has 0 bridgehead atoms. The number of hydrogen-bond donors (Lipinski definition) is 2. The SMILES string of the molecule is C[C@@H]1CN(S(=O)(=O)c2ccc(CN)cc2)C[C@H](C)N1. The smallest absolute Gasteiger partial charge is 0.243 e. The van der Waals surface area contributed by atoms with Gasteiger partial charge in [-0.15, -0.1) is 0 Å². The molecule has 1 aliphatic rings. The van der Waals surface area contributed by atoms with Crippen molar-refractivity contribution < 1.29 is 8.42 Å². The molecule has 1 aromatic carbocycles. The van der Waals surface area contributed by atoms with E-state index in [0.29, 0.717) is 24.5 Å². The maximum atomic E-state index is 12.5. The zero-order valence-corrected chi connectivity index (χ0v) is 12.2. The molecular weight excluding hydrogens is 262 g/mol. The summed E-state index contributed by atoms with van der Waals surface area (Å²) in [5.74, 6) is 0. The maximum absolute atomic E-state index is 12.5. The van der Waals surface area contributed by atoms with Gasteiger partial charge in [0.25, 0.3) is 0 Å². The zero-order valence-electron chi connectivity index (χ0n) is 11.3. The van der Waals surface area contributed by atoms with Crippen LogP contribution in [0.15, 0.2) is 29.2 Å². The Balaban J connectivity index is 2.25. The van der Waals surface area contributed by atoms with E-state index in [0.717, 1.165) is 5.56 Å². The van der Waals surface area contributed by atoms with Gasteiger partial charge in [0.1, 0.15) is 0 Å². The zero-order chi connectivity index (χ0) is 14.0. The molecule has 3 N–H and O–H groups in total. The minimum absolute atomic E-state index is 0.168. The molecule has 0 aromatic heterocycles. The van der Waals surface area contributed by atoms with Crippen LogP contribution < -0.4 is 11.1 Å².